The normalized spacial score (nSPS) is 14.9. The molecular formula is C12H10F3N3O. The maximum Gasteiger partial charge on any atom is 0.170 e. The topological polar surface area (TPSA) is 50.9 Å². The molecule has 19 heavy (non-hydrogen) atoms. The van der Waals surface area contributed by atoms with Crippen LogP contribution in [-0.4, -0.2) is 19.9 Å². The maximum absolute atomic E-state index is 13.8. The lowest BCUT2D eigenvalue weighted by Gasteiger charge is -2.09. The Kier molecular flexibility index (Phi) is 2.78. The summed E-state index contributed by atoms with van der Waals surface area (Å²) < 4.78 is 41.9. The summed E-state index contributed by atoms with van der Waals surface area (Å²) in [6, 6.07) is 1.24. The molecule has 0 unspecified atom stereocenters. The SMILES string of the molecule is OCc1nnc(-c2c(F)cc(F)cc2F)n1C1CC1. The van der Waals surface area contributed by atoms with Crippen molar-refractivity contribution in [3.05, 3.63) is 35.4 Å². The first-order valence-corrected chi connectivity index (χ1v) is 5.81. The van der Waals surface area contributed by atoms with Gasteiger partial charge in [0.15, 0.2) is 11.6 Å². The van der Waals surface area contributed by atoms with E-state index in [2.05, 4.69) is 10.2 Å². The Morgan fingerprint density at radius 2 is 1.79 bits per heavy atom. The van der Waals surface area contributed by atoms with Crippen LogP contribution in [0.5, 0.6) is 0 Å². The third-order valence-electron chi connectivity index (χ3n) is 3.05. The number of rotatable bonds is 3. The van der Waals surface area contributed by atoms with Crippen LogP contribution in [0.2, 0.25) is 0 Å². The number of aromatic nitrogens is 3. The summed E-state index contributed by atoms with van der Waals surface area (Å²) in [4.78, 5) is 0. The predicted octanol–water partition coefficient (Wildman–Crippen LogP) is 2.19. The average Bonchev–Trinajstić information content (AvgIpc) is 3.09. The van der Waals surface area contributed by atoms with Gasteiger partial charge in [0.05, 0.1) is 5.56 Å². The van der Waals surface area contributed by atoms with E-state index in [4.69, 9.17) is 5.11 Å². The van der Waals surface area contributed by atoms with E-state index in [0.29, 0.717) is 12.1 Å². The van der Waals surface area contributed by atoms with Crippen molar-refractivity contribution in [2.24, 2.45) is 0 Å². The van der Waals surface area contributed by atoms with Gasteiger partial charge >= 0.3 is 0 Å². The van der Waals surface area contributed by atoms with Gasteiger partial charge < -0.3 is 9.67 Å². The molecule has 7 heteroatoms. The van der Waals surface area contributed by atoms with Gasteiger partial charge in [0, 0.05) is 18.2 Å². The van der Waals surface area contributed by atoms with E-state index >= 15 is 0 Å². The lowest BCUT2D eigenvalue weighted by molar-refractivity contribution is 0.265. The maximum atomic E-state index is 13.8. The van der Waals surface area contributed by atoms with Crippen LogP contribution >= 0.6 is 0 Å². The summed E-state index contributed by atoms with van der Waals surface area (Å²) >= 11 is 0. The second-order valence-corrected chi connectivity index (χ2v) is 4.44. The minimum Gasteiger partial charge on any atom is -0.388 e. The van der Waals surface area contributed by atoms with Crippen LogP contribution in [0.4, 0.5) is 13.2 Å². The van der Waals surface area contributed by atoms with Crippen LogP contribution in [0.25, 0.3) is 11.4 Å². The second-order valence-electron chi connectivity index (χ2n) is 4.44. The van der Waals surface area contributed by atoms with Crippen LogP contribution in [-0.2, 0) is 6.61 Å². The molecule has 1 N–H and O–H groups in total. The minimum atomic E-state index is -1.03. The molecular weight excluding hydrogens is 259 g/mol. The number of hydrogen-bond donors (Lipinski definition) is 1. The lowest BCUT2D eigenvalue weighted by atomic mass is 10.1. The summed E-state index contributed by atoms with van der Waals surface area (Å²) in [6.07, 6.45) is 1.67. The molecule has 0 atom stereocenters. The van der Waals surface area contributed by atoms with Crippen LogP contribution in [0.15, 0.2) is 12.1 Å². The number of aliphatic hydroxyl groups is 1. The monoisotopic (exact) mass is 269 g/mol. The summed E-state index contributed by atoms with van der Waals surface area (Å²) in [5.41, 5.74) is -0.416. The number of aliphatic hydroxyl groups excluding tert-OH is 1. The first-order valence-electron chi connectivity index (χ1n) is 5.81. The lowest BCUT2D eigenvalue weighted by Crippen LogP contribution is -2.05. The van der Waals surface area contributed by atoms with E-state index in [1.807, 2.05) is 0 Å². The quantitative estimate of drug-likeness (QED) is 0.929. The summed E-state index contributed by atoms with van der Waals surface area (Å²) in [5, 5.41) is 16.6. The molecule has 4 nitrogen and oxygen atoms in total. The van der Waals surface area contributed by atoms with Gasteiger partial charge in [0.25, 0.3) is 0 Å². The van der Waals surface area contributed by atoms with E-state index in [9.17, 15) is 13.2 Å². The van der Waals surface area contributed by atoms with Gasteiger partial charge in [-0.2, -0.15) is 0 Å². The highest BCUT2D eigenvalue weighted by atomic mass is 19.1. The molecule has 0 amide bonds. The molecule has 0 radical (unpaired) electrons. The summed E-state index contributed by atoms with van der Waals surface area (Å²) in [7, 11) is 0. The Morgan fingerprint density at radius 1 is 1.16 bits per heavy atom. The molecule has 0 saturated heterocycles. The number of benzene rings is 1. The Morgan fingerprint density at radius 3 is 2.32 bits per heavy atom. The van der Waals surface area contributed by atoms with Gasteiger partial charge in [-0.05, 0) is 12.8 Å². The predicted molar refractivity (Wildman–Crippen MR) is 59.5 cm³/mol. The van der Waals surface area contributed by atoms with Crippen molar-refractivity contribution in [3.63, 3.8) is 0 Å². The number of hydrogen-bond acceptors (Lipinski definition) is 3. The van der Waals surface area contributed by atoms with Crippen LogP contribution in [0, 0.1) is 17.5 Å². The fraction of sp³-hybridized carbons (Fsp3) is 0.333. The zero-order valence-corrected chi connectivity index (χ0v) is 9.78. The standard InChI is InChI=1S/C12H10F3N3O/c13-6-3-8(14)11(9(15)4-6)12-17-16-10(5-19)18(12)7-1-2-7/h3-4,7,19H,1-2,5H2. The van der Waals surface area contributed by atoms with E-state index in [1.54, 1.807) is 0 Å². The molecule has 1 saturated carbocycles. The number of nitrogens with zero attached hydrogens (tertiary/aromatic N) is 3. The Hall–Kier alpha value is -1.89. The third kappa shape index (κ3) is 1.99. The zero-order valence-electron chi connectivity index (χ0n) is 9.78. The molecule has 1 fully saturated rings. The first-order chi connectivity index (χ1) is 9.11. The van der Waals surface area contributed by atoms with Gasteiger partial charge in [-0.15, -0.1) is 10.2 Å². The molecule has 0 spiro atoms. The van der Waals surface area contributed by atoms with Gasteiger partial charge in [0.1, 0.15) is 24.1 Å². The van der Waals surface area contributed by atoms with Crippen molar-refractivity contribution >= 4 is 0 Å². The molecule has 1 aliphatic carbocycles. The second kappa shape index (κ2) is 4.34. The van der Waals surface area contributed by atoms with Gasteiger partial charge in [0.2, 0.25) is 0 Å². The van der Waals surface area contributed by atoms with Crippen LogP contribution < -0.4 is 0 Å². The summed E-state index contributed by atoms with van der Waals surface area (Å²) in [5.74, 6) is -2.81. The van der Waals surface area contributed by atoms with E-state index in [0.717, 1.165) is 12.8 Å². The molecule has 3 rings (SSSR count). The van der Waals surface area contributed by atoms with E-state index in [-0.39, 0.29) is 24.3 Å². The zero-order chi connectivity index (χ0) is 13.6. The van der Waals surface area contributed by atoms with E-state index < -0.39 is 23.0 Å². The molecule has 1 aromatic heterocycles. The minimum absolute atomic E-state index is 0.0125. The van der Waals surface area contributed by atoms with Crippen molar-refractivity contribution in [3.8, 4) is 11.4 Å². The van der Waals surface area contributed by atoms with Crippen molar-refractivity contribution in [1.82, 2.24) is 14.8 Å². The molecule has 1 heterocycles. The summed E-state index contributed by atoms with van der Waals surface area (Å²) in [6.45, 7) is -0.367. The van der Waals surface area contributed by atoms with Crippen molar-refractivity contribution < 1.29 is 18.3 Å². The van der Waals surface area contributed by atoms with Crippen molar-refractivity contribution in [2.45, 2.75) is 25.5 Å². The molecule has 2 aromatic rings. The Labute approximate surface area is 106 Å². The molecule has 1 aliphatic rings. The first kappa shape index (κ1) is 12.2. The van der Waals surface area contributed by atoms with Crippen LogP contribution in [0.1, 0.15) is 24.7 Å². The molecule has 0 aliphatic heterocycles. The highest BCUT2D eigenvalue weighted by molar-refractivity contribution is 5.57. The number of halogens is 3. The molecule has 1 aromatic carbocycles. The Bertz CT molecular complexity index is 614. The smallest absolute Gasteiger partial charge is 0.170 e. The fourth-order valence-corrected chi connectivity index (χ4v) is 2.07. The van der Waals surface area contributed by atoms with Gasteiger partial charge in [-0.1, -0.05) is 0 Å². The molecule has 100 valence electrons. The Balaban J connectivity index is 2.20. The highest BCUT2D eigenvalue weighted by Gasteiger charge is 2.31. The van der Waals surface area contributed by atoms with Crippen molar-refractivity contribution in [1.29, 1.82) is 0 Å². The third-order valence-corrected chi connectivity index (χ3v) is 3.05. The van der Waals surface area contributed by atoms with Crippen LogP contribution in [0.3, 0.4) is 0 Å². The molecule has 0 bridgehead atoms. The average molecular weight is 269 g/mol. The van der Waals surface area contributed by atoms with Gasteiger partial charge in [-0.3, -0.25) is 0 Å². The van der Waals surface area contributed by atoms with Gasteiger partial charge in [-0.25, -0.2) is 13.2 Å². The van der Waals surface area contributed by atoms with E-state index in [1.165, 1.54) is 4.57 Å². The van der Waals surface area contributed by atoms with Crippen molar-refractivity contribution in [2.75, 3.05) is 0 Å². The fourth-order valence-electron chi connectivity index (χ4n) is 2.07. The highest BCUT2D eigenvalue weighted by Crippen LogP contribution is 2.39. The largest absolute Gasteiger partial charge is 0.388 e.